The van der Waals surface area contributed by atoms with Gasteiger partial charge < -0.3 is 10.2 Å². The third kappa shape index (κ3) is 4.83. The number of amides is 2. The first-order valence-corrected chi connectivity index (χ1v) is 9.67. The molecule has 0 radical (unpaired) electrons. The molecule has 1 saturated heterocycles. The number of hydrogen-bond acceptors (Lipinski definition) is 2. The smallest absolute Gasteiger partial charge is 0.271 e. The number of nitrogens with one attached hydrogen (secondary N) is 1. The molecule has 2 amide bonds. The molecule has 27 heavy (non-hydrogen) atoms. The lowest BCUT2D eigenvalue weighted by molar-refractivity contribution is -0.128. The fraction of sp³-hybridized carbons (Fsp3) is 0.238. The molecular formula is C21H20BrFN2O2. The number of rotatable bonds is 4. The average molecular weight is 431 g/mol. The van der Waals surface area contributed by atoms with Crippen LogP contribution in [0.1, 0.15) is 35.2 Å². The summed E-state index contributed by atoms with van der Waals surface area (Å²) >= 11 is 3.49. The molecule has 140 valence electrons. The van der Waals surface area contributed by atoms with Crippen molar-refractivity contribution in [2.24, 2.45) is 0 Å². The molecule has 0 saturated carbocycles. The van der Waals surface area contributed by atoms with Gasteiger partial charge in [-0.05, 0) is 65.0 Å². The maximum absolute atomic E-state index is 13.1. The van der Waals surface area contributed by atoms with Crippen LogP contribution in [0.5, 0.6) is 0 Å². The van der Waals surface area contributed by atoms with Crippen molar-refractivity contribution in [3.05, 3.63) is 77.2 Å². The minimum Gasteiger partial charge on any atom is -0.337 e. The molecule has 1 aliphatic rings. The highest BCUT2D eigenvalue weighted by Crippen LogP contribution is 2.26. The Hall–Kier alpha value is -2.47. The second-order valence-corrected chi connectivity index (χ2v) is 7.16. The molecule has 4 nitrogen and oxygen atoms in total. The zero-order valence-corrected chi connectivity index (χ0v) is 16.3. The van der Waals surface area contributed by atoms with E-state index in [4.69, 9.17) is 0 Å². The maximum atomic E-state index is 13.1. The average Bonchev–Trinajstić information content (AvgIpc) is 2.72. The Labute approximate surface area is 166 Å². The molecule has 1 heterocycles. The van der Waals surface area contributed by atoms with Crippen LogP contribution >= 0.6 is 15.9 Å². The van der Waals surface area contributed by atoms with Crippen molar-refractivity contribution < 1.29 is 14.0 Å². The topological polar surface area (TPSA) is 49.4 Å². The molecule has 0 bridgehead atoms. The van der Waals surface area contributed by atoms with Gasteiger partial charge in [-0.2, -0.15) is 0 Å². The van der Waals surface area contributed by atoms with Crippen LogP contribution in [0.3, 0.4) is 0 Å². The standard InChI is InChI=1S/C21H20BrFN2O2/c22-18(15-7-3-1-4-8-15)19(21(27)25-13-5-2-6-14-25)24-20(26)16-9-11-17(23)12-10-16/h1,3-4,7-12H,2,5-6,13-14H2,(H,24,26)/b19-18+. The van der Waals surface area contributed by atoms with Crippen LogP contribution in [0.4, 0.5) is 4.39 Å². The Morgan fingerprint density at radius 3 is 2.15 bits per heavy atom. The highest BCUT2D eigenvalue weighted by molar-refractivity contribution is 9.15. The number of carbonyl (C=O) groups excluding carboxylic acids is 2. The van der Waals surface area contributed by atoms with Crippen molar-refractivity contribution in [2.75, 3.05) is 13.1 Å². The fourth-order valence-electron chi connectivity index (χ4n) is 2.97. The number of halogens is 2. The van der Waals surface area contributed by atoms with E-state index in [1.807, 2.05) is 30.3 Å². The molecular weight excluding hydrogens is 411 g/mol. The summed E-state index contributed by atoms with van der Waals surface area (Å²) in [4.78, 5) is 27.5. The predicted molar refractivity (Wildman–Crippen MR) is 107 cm³/mol. The van der Waals surface area contributed by atoms with Crippen LogP contribution in [0.25, 0.3) is 4.48 Å². The van der Waals surface area contributed by atoms with Crippen molar-refractivity contribution in [1.29, 1.82) is 0 Å². The Morgan fingerprint density at radius 1 is 0.889 bits per heavy atom. The largest absolute Gasteiger partial charge is 0.337 e. The highest BCUT2D eigenvalue weighted by Gasteiger charge is 2.25. The number of likely N-dealkylation sites (tertiary alicyclic amines) is 1. The van der Waals surface area contributed by atoms with Crippen molar-refractivity contribution in [2.45, 2.75) is 19.3 Å². The summed E-state index contributed by atoms with van der Waals surface area (Å²) in [6.07, 6.45) is 3.01. The predicted octanol–water partition coefficient (Wildman–Crippen LogP) is 4.33. The highest BCUT2D eigenvalue weighted by atomic mass is 79.9. The molecule has 0 spiro atoms. The number of benzene rings is 2. The normalized spacial score (nSPS) is 15.1. The second kappa shape index (κ2) is 8.95. The van der Waals surface area contributed by atoms with Crippen LogP contribution in [0, 0.1) is 5.82 Å². The van der Waals surface area contributed by atoms with E-state index in [1.165, 1.54) is 24.3 Å². The first-order chi connectivity index (χ1) is 13.1. The Kier molecular flexibility index (Phi) is 6.40. The molecule has 0 aromatic heterocycles. The molecule has 3 rings (SSSR count). The minimum atomic E-state index is -0.455. The second-order valence-electron chi connectivity index (χ2n) is 6.37. The zero-order chi connectivity index (χ0) is 19.2. The van der Waals surface area contributed by atoms with E-state index < -0.39 is 11.7 Å². The molecule has 2 aromatic carbocycles. The maximum Gasteiger partial charge on any atom is 0.271 e. The first-order valence-electron chi connectivity index (χ1n) is 8.87. The molecule has 2 aromatic rings. The van der Waals surface area contributed by atoms with E-state index in [1.54, 1.807) is 4.90 Å². The lowest BCUT2D eigenvalue weighted by Gasteiger charge is -2.28. The van der Waals surface area contributed by atoms with Gasteiger partial charge in [0.1, 0.15) is 11.5 Å². The van der Waals surface area contributed by atoms with E-state index in [0.717, 1.165) is 24.8 Å². The monoisotopic (exact) mass is 430 g/mol. The zero-order valence-electron chi connectivity index (χ0n) is 14.8. The van der Waals surface area contributed by atoms with Crippen molar-refractivity contribution in [3.8, 4) is 0 Å². The Morgan fingerprint density at radius 2 is 1.52 bits per heavy atom. The van der Waals surface area contributed by atoms with Gasteiger partial charge in [0, 0.05) is 18.7 Å². The Balaban J connectivity index is 1.93. The lowest BCUT2D eigenvalue weighted by atomic mass is 10.1. The minimum absolute atomic E-state index is 0.192. The third-order valence-corrected chi connectivity index (χ3v) is 5.30. The molecule has 1 fully saturated rings. The van der Waals surface area contributed by atoms with E-state index in [9.17, 15) is 14.0 Å². The van der Waals surface area contributed by atoms with Crippen LogP contribution < -0.4 is 5.32 Å². The summed E-state index contributed by atoms with van der Waals surface area (Å²) < 4.78 is 13.6. The molecule has 1 N–H and O–H groups in total. The number of hydrogen-bond donors (Lipinski definition) is 1. The summed E-state index contributed by atoms with van der Waals surface area (Å²) in [5.41, 5.74) is 1.27. The number of nitrogens with zero attached hydrogens (tertiary/aromatic N) is 1. The molecule has 6 heteroatoms. The van der Waals surface area contributed by atoms with E-state index in [-0.39, 0.29) is 17.2 Å². The van der Waals surface area contributed by atoms with Crippen LogP contribution in [0.15, 0.2) is 60.3 Å². The fourth-order valence-corrected chi connectivity index (χ4v) is 3.51. The van der Waals surface area contributed by atoms with Crippen molar-refractivity contribution >= 4 is 32.2 Å². The Bertz CT molecular complexity index is 844. The van der Waals surface area contributed by atoms with Crippen molar-refractivity contribution in [1.82, 2.24) is 10.2 Å². The van der Waals surface area contributed by atoms with Gasteiger partial charge in [0.2, 0.25) is 0 Å². The quantitative estimate of drug-likeness (QED) is 0.733. The van der Waals surface area contributed by atoms with Gasteiger partial charge in [0.25, 0.3) is 11.8 Å². The SMILES string of the molecule is O=C(N/C(C(=O)N1CCCCC1)=C(/Br)c1ccccc1)c1ccc(F)cc1. The van der Waals surface area contributed by atoms with Gasteiger partial charge in [0.15, 0.2) is 0 Å². The summed E-state index contributed by atoms with van der Waals surface area (Å²) in [7, 11) is 0. The first kappa shape index (κ1) is 19.3. The summed E-state index contributed by atoms with van der Waals surface area (Å²) in [6, 6.07) is 14.5. The van der Waals surface area contributed by atoms with Gasteiger partial charge in [-0.1, -0.05) is 30.3 Å². The molecule has 1 aliphatic heterocycles. The van der Waals surface area contributed by atoms with E-state index >= 15 is 0 Å². The van der Waals surface area contributed by atoms with Gasteiger partial charge in [0.05, 0.1) is 4.48 Å². The lowest BCUT2D eigenvalue weighted by Crippen LogP contribution is -2.41. The molecule has 0 atom stereocenters. The van der Waals surface area contributed by atoms with Gasteiger partial charge in [-0.3, -0.25) is 9.59 Å². The summed E-state index contributed by atoms with van der Waals surface area (Å²) in [6.45, 7) is 1.34. The van der Waals surface area contributed by atoms with Crippen molar-refractivity contribution in [3.63, 3.8) is 0 Å². The van der Waals surface area contributed by atoms with Crippen LogP contribution in [-0.2, 0) is 4.79 Å². The molecule has 0 unspecified atom stereocenters. The van der Waals surface area contributed by atoms with E-state index in [0.29, 0.717) is 17.6 Å². The van der Waals surface area contributed by atoms with Crippen LogP contribution in [-0.4, -0.2) is 29.8 Å². The third-order valence-electron chi connectivity index (χ3n) is 4.45. The van der Waals surface area contributed by atoms with Gasteiger partial charge in [-0.15, -0.1) is 0 Å². The number of carbonyl (C=O) groups is 2. The van der Waals surface area contributed by atoms with E-state index in [2.05, 4.69) is 21.2 Å². The number of piperidine rings is 1. The van der Waals surface area contributed by atoms with Gasteiger partial charge >= 0.3 is 0 Å². The molecule has 0 aliphatic carbocycles. The summed E-state index contributed by atoms with van der Waals surface area (Å²) in [5, 5.41) is 2.73. The van der Waals surface area contributed by atoms with Crippen LogP contribution in [0.2, 0.25) is 0 Å². The summed E-state index contributed by atoms with van der Waals surface area (Å²) in [5.74, 6) is -1.10. The van der Waals surface area contributed by atoms with Gasteiger partial charge in [-0.25, -0.2) is 4.39 Å².